The number of hydrogen-bond acceptors (Lipinski definition) is 3. The Hall–Kier alpha value is -2.36. The van der Waals surface area contributed by atoms with Crippen molar-refractivity contribution in [2.75, 3.05) is 0 Å². The minimum absolute atomic E-state index is 0.209. The normalized spacial score (nSPS) is 11.5. The van der Waals surface area contributed by atoms with E-state index in [4.69, 9.17) is 14.8 Å². The number of benzene rings is 1. The van der Waals surface area contributed by atoms with Gasteiger partial charge in [-0.1, -0.05) is 31.5 Å². The fourth-order valence-corrected chi connectivity index (χ4v) is 3.81. The molecular weight excluding hydrogens is 322 g/mol. The van der Waals surface area contributed by atoms with Gasteiger partial charge >= 0.3 is 0 Å². The van der Waals surface area contributed by atoms with E-state index in [9.17, 15) is 0 Å². The number of nitrogens with zero attached hydrogens (tertiary/aromatic N) is 3. The second-order valence-electron chi connectivity index (χ2n) is 7.26. The van der Waals surface area contributed by atoms with Crippen molar-refractivity contribution in [1.82, 2.24) is 14.8 Å². The predicted molar refractivity (Wildman–Crippen MR) is 108 cm³/mol. The number of fused-ring (bicyclic) bond motifs is 1. The molecule has 0 N–H and O–H groups in total. The van der Waals surface area contributed by atoms with Gasteiger partial charge in [-0.2, -0.15) is 5.10 Å². The van der Waals surface area contributed by atoms with E-state index in [0.717, 1.165) is 41.0 Å². The van der Waals surface area contributed by atoms with Gasteiger partial charge in [0.2, 0.25) is 0 Å². The van der Waals surface area contributed by atoms with Gasteiger partial charge in [0, 0.05) is 24.4 Å². The van der Waals surface area contributed by atoms with Crippen LogP contribution in [-0.4, -0.2) is 20.9 Å². The van der Waals surface area contributed by atoms with Crippen molar-refractivity contribution in [1.29, 1.82) is 0 Å². The predicted octanol–water partition coefficient (Wildman–Crippen LogP) is 5.44. The van der Waals surface area contributed by atoms with Crippen molar-refractivity contribution >= 4 is 11.0 Å². The first kappa shape index (κ1) is 18.4. The first-order valence-electron chi connectivity index (χ1n) is 9.44. The van der Waals surface area contributed by atoms with Gasteiger partial charge in [0.25, 0.3) is 0 Å². The van der Waals surface area contributed by atoms with Crippen molar-refractivity contribution in [3.8, 4) is 17.0 Å². The maximum Gasteiger partial charge on any atom is 0.149 e. The summed E-state index contributed by atoms with van der Waals surface area (Å²) in [6, 6.07) is 6.45. The molecule has 0 saturated carbocycles. The minimum atomic E-state index is 0.209. The van der Waals surface area contributed by atoms with Gasteiger partial charge in [-0.3, -0.25) is 4.68 Å². The Balaban J connectivity index is 2.26. The molecule has 2 aromatic heterocycles. The molecule has 0 aliphatic carbocycles. The van der Waals surface area contributed by atoms with Crippen LogP contribution in [0.2, 0.25) is 0 Å². The van der Waals surface area contributed by atoms with Gasteiger partial charge < -0.3 is 4.74 Å². The number of pyridine rings is 1. The summed E-state index contributed by atoms with van der Waals surface area (Å²) in [4.78, 5) is 4.83. The second-order valence-corrected chi connectivity index (χ2v) is 7.26. The summed E-state index contributed by atoms with van der Waals surface area (Å²) in [5.74, 6) is 0.880. The Morgan fingerprint density at radius 3 is 2.19 bits per heavy atom. The molecule has 0 saturated heterocycles. The highest BCUT2D eigenvalue weighted by Crippen LogP contribution is 2.36. The summed E-state index contributed by atoms with van der Waals surface area (Å²) >= 11 is 0. The van der Waals surface area contributed by atoms with E-state index in [0.29, 0.717) is 0 Å². The molecule has 2 heterocycles. The van der Waals surface area contributed by atoms with Gasteiger partial charge in [-0.15, -0.1) is 0 Å². The largest absolute Gasteiger partial charge is 0.488 e. The third kappa shape index (κ3) is 3.20. The molecule has 3 aromatic rings. The number of hydrogen-bond donors (Lipinski definition) is 0. The van der Waals surface area contributed by atoms with Crippen LogP contribution in [-0.2, 0) is 7.05 Å². The summed E-state index contributed by atoms with van der Waals surface area (Å²) in [6.45, 7) is 12.8. The van der Waals surface area contributed by atoms with Crippen LogP contribution < -0.4 is 4.74 Å². The third-order valence-electron chi connectivity index (χ3n) is 5.00. The van der Waals surface area contributed by atoms with Crippen LogP contribution in [0.5, 0.6) is 5.75 Å². The summed E-state index contributed by atoms with van der Waals surface area (Å²) in [5, 5.41) is 4.85. The monoisotopic (exact) mass is 351 g/mol. The van der Waals surface area contributed by atoms with E-state index in [1.165, 1.54) is 22.3 Å². The lowest BCUT2D eigenvalue weighted by Gasteiger charge is -2.17. The fraction of sp³-hybridized carbons (Fsp3) is 0.455. The number of aromatic nitrogens is 3. The van der Waals surface area contributed by atoms with Crippen LogP contribution in [0.25, 0.3) is 22.3 Å². The van der Waals surface area contributed by atoms with Crippen molar-refractivity contribution < 1.29 is 4.74 Å². The molecule has 0 spiro atoms. The first-order valence-corrected chi connectivity index (χ1v) is 9.44. The number of rotatable bonds is 5. The fourth-order valence-electron chi connectivity index (χ4n) is 3.81. The zero-order valence-electron chi connectivity index (χ0n) is 17.0. The first-order chi connectivity index (χ1) is 12.3. The SMILES string of the molecule is CCC(CC)Oc1cc(C)nc2c(-c3c(C)cc(C)cc3C)nn(C)c12. The van der Waals surface area contributed by atoms with Crippen LogP contribution in [0.3, 0.4) is 0 Å². The van der Waals surface area contributed by atoms with E-state index in [1.807, 2.05) is 24.7 Å². The maximum atomic E-state index is 6.32. The molecule has 0 radical (unpaired) electrons. The topological polar surface area (TPSA) is 39.9 Å². The summed E-state index contributed by atoms with van der Waals surface area (Å²) in [6.07, 6.45) is 2.18. The smallest absolute Gasteiger partial charge is 0.149 e. The lowest BCUT2D eigenvalue weighted by atomic mass is 9.97. The van der Waals surface area contributed by atoms with E-state index in [1.54, 1.807) is 0 Å². The highest BCUT2D eigenvalue weighted by molar-refractivity contribution is 5.95. The Morgan fingerprint density at radius 2 is 1.62 bits per heavy atom. The van der Waals surface area contributed by atoms with E-state index >= 15 is 0 Å². The van der Waals surface area contributed by atoms with Gasteiger partial charge in [0.1, 0.15) is 22.5 Å². The van der Waals surface area contributed by atoms with Gasteiger partial charge in [-0.05, 0) is 51.7 Å². The molecule has 0 fully saturated rings. The van der Waals surface area contributed by atoms with Crippen molar-refractivity contribution in [2.24, 2.45) is 7.05 Å². The molecule has 26 heavy (non-hydrogen) atoms. The lowest BCUT2D eigenvalue weighted by molar-refractivity contribution is 0.194. The lowest BCUT2D eigenvalue weighted by Crippen LogP contribution is -2.14. The molecule has 0 atom stereocenters. The average Bonchev–Trinajstić information content (AvgIpc) is 2.88. The molecular formula is C22H29N3O. The minimum Gasteiger partial charge on any atom is -0.488 e. The number of aryl methyl sites for hydroxylation is 5. The van der Waals surface area contributed by atoms with Crippen LogP contribution in [0, 0.1) is 27.7 Å². The third-order valence-corrected chi connectivity index (χ3v) is 5.00. The van der Waals surface area contributed by atoms with E-state index in [2.05, 4.69) is 46.8 Å². The summed E-state index contributed by atoms with van der Waals surface area (Å²) in [5.41, 5.74) is 8.69. The Bertz CT molecular complexity index is 929. The molecule has 1 aromatic carbocycles. The highest BCUT2D eigenvalue weighted by Gasteiger charge is 2.21. The molecule has 138 valence electrons. The Kier molecular flexibility index (Phi) is 5.03. The number of ether oxygens (including phenoxy) is 1. The highest BCUT2D eigenvalue weighted by atomic mass is 16.5. The summed E-state index contributed by atoms with van der Waals surface area (Å²) < 4.78 is 8.23. The molecule has 0 aliphatic rings. The van der Waals surface area contributed by atoms with Crippen LogP contribution in [0.4, 0.5) is 0 Å². The van der Waals surface area contributed by atoms with Crippen LogP contribution in [0.1, 0.15) is 49.1 Å². The van der Waals surface area contributed by atoms with E-state index < -0.39 is 0 Å². The molecule has 0 unspecified atom stereocenters. The molecule has 4 nitrogen and oxygen atoms in total. The maximum absolute atomic E-state index is 6.32. The zero-order chi connectivity index (χ0) is 19.0. The zero-order valence-corrected chi connectivity index (χ0v) is 17.0. The Labute approximate surface area is 156 Å². The molecule has 0 amide bonds. The van der Waals surface area contributed by atoms with Crippen LogP contribution >= 0.6 is 0 Å². The molecule has 4 heteroatoms. The molecule has 0 aliphatic heterocycles. The molecule has 0 bridgehead atoms. The average molecular weight is 351 g/mol. The molecule has 3 rings (SSSR count). The van der Waals surface area contributed by atoms with Crippen molar-refractivity contribution in [2.45, 2.75) is 60.5 Å². The quantitative estimate of drug-likeness (QED) is 0.615. The van der Waals surface area contributed by atoms with Crippen molar-refractivity contribution in [3.63, 3.8) is 0 Å². The summed E-state index contributed by atoms with van der Waals surface area (Å²) in [7, 11) is 1.97. The van der Waals surface area contributed by atoms with Crippen LogP contribution in [0.15, 0.2) is 18.2 Å². The van der Waals surface area contributed by atoms with Gasteiger partial charge in [0.15, 0.2) is 0 Å². The second kappa shape index (κ2) is 7.10. The van der Waals surface area contributed by atoms with Crippen molar-refractivity contribution in [3.05, 3.63) is 40.6 Å². The van der Waals surface area contributed by atoms with Gasteiger partial charge in [-0.25, -0.2) is 4.98 Å². The van der Waals surface area contributed by atoms with Gasteiger partial charge in [0.05, 0.1) is 6.10 Å². The standard InChI is InChI=1S/C22H29N3O/c1-8-17(9-2)26-18-12-16(6)23-21-20(24-25(7)22(18)21)19-14(4)10-13(3)11-15(19)5/h10-12,17H,8-9H2,1-7H3. The Morgan fingerprint density at radius 1 is 1.00 bits per heavy atom. The van der Waals surface area contributed by atoms with E-state index in [-0.39, 0.29) is 6.10 Å².